The van der Waals surface area contributed by atoms with Crippen LogP contribution in [0.5, 0.6) is 5.75 Å². The summed E-state index contributed by atoms with van der Waals surface area (Å²) in [6, 6.07) is 7.86. The minimum atomic E-state index is -3.63. The highest BCUT2D eigenvalue weighted by Crippen LogP contribution is 2.27. The molecule has 0 aliphatic carbocycles. The first-order valence-electron chi connectivity index (χ1n) is 9.74. The number of nitrogens with zero attached hydrogens (tertiary/aromatic N) is 1. The number of carbonyl (C=O) groups excluding carboxylic acids is 1. The lowest BCUT2D eigenvalue weighted by Crippen LogP contribution is -2.35. The molecule has 1 aliphatic rings. The van der Waals surface area contributed by atoms with Crippen LogP contribution in [0, 0.1) is 11.6 Å². The number of benzene rings is 2. The number of halogens is 2. The number of methoxy groups -OCH3 is 1. The maximum atomic E-state index is 13.7. The Kier molecular flexibility index (Phi) is 7.04. The maximum Gasteiger partial charge on any atom is 0.243 e. The maximum absolute atomic E-state index is 13.7. The van der Waals surface area contributed by atoms with Crippen molar-refractivity contribution in [3.8, 4) is 5.75 Å². The molecule has 3 rings (SSSR count). The smallest absolute Gasteiger partial charge is 0.243 e. The zero-order valence-corrected chi connectivity index (χ0v) is 17.5. The largest absolute Gasteiger partial charge is 0.496 e. The van der Waals surface area contributed by atoms with Crippen molar-refractivity contribution < 1.29 is 26.7 Å². The third-order valence-corrected chi connectivity index (χ3v) is 6.95. The fraction of sp³-hybridized carbons (Fsp3) is 0.381. The lowest BCUT2D eigenvalue weighted by atomic mass is 10.1. The van der Waals surface area contributed by atoms with Crippen LogP contribution < -0.4 is 10.1 Å². The van der Waals surface area contributed by atoms with Crippen molar-refractivity contribution in [2.75, 3.05) is 25.5 Å². The molecule has 2 aromatic carbocycles. The number of para-hydroxylation sites is 1. The molecular formula is C21H24F2N2O4S. The van der Waals surface area contributed by atoms with Crippen LogP contribution in [0.25, 0.3) is 0 Å². The fourth-order valence-corrected chi connectivity index (χ4v) is 5.00. The molecule has 30 heavy (non-hydrogen) atoms. The van der Waals surface area contributed by atoms with E-state index in [4.69, 9.17) is 4.74 Å². The van der Waals surface area contributed by atoms with E-state index in [1.807, 2.05) is 0 Å². The number of sulfonamides is 1. The number of piperidine rings is 1. The molecule has 0 saturated carbocycles. The van der Waals surface area contributed by atoms with Gasteiger partial charge in [-0.25, -0.2) is 17.2 Å². The Morgan fingerprint density at radius 2 is 1.77 bits per heavy atom. The molecule has 0 atom stereocenters. The topological polar surface area (TPSA) is 75.7 Å². The van der Waals surface area contributed by atoms with Crippen molar-refractivity contribution in [3.05, 3.63) is 53.6 Å². The van der Waals surface area contributed by atoms with E-state index in [9.17, 15) is 22.0 Å². The summed E-state index contributed by atoms with van der Waals surface area (Å²) >= 11 is 0. The van der Waals surface area contributed by atoms with Gasteiger partial charge < -0.3 is 10.1 Å². The second kappa shape index (κ2) is 9.53. The van der Waals surface area contributed by atoms with Crippen LogP contribution in [0.2, 0.25) is 0 Å². The van der Waals surface area contributed by atoms with Crippen molar-refractivity contribution in [2.24, 2.45) is 0 Å². The van der Waals surface area contributed by atoms with Crippen molar-refractivity contribution in [3.63, 3.8) is 0 Å². The van der Waals surface area contributed by atoms with Crippen LogP contribution in [0.3, 0.4) is 0 Å². The summed E-state index contributed by atoms with van der Waals surface area (Å²) in [5.41, 5.74) is 0.0237. The van der Waals surface area contributed by atoms with Gasteiger partial charge in [0.25, 0.3) is 0 Å². The second-order valence-electron chi connectivity index (χ2n) is 7.08. The summed E-state index contributed by atoms with van der Waals surface area (Å²) in [5, 5.41) is 2.23. The van der Waals surface area contributed by atoms with E-state index in [1.165, 1.54) is 29.6 Å². The molecular weight excluding hydrogens is 414 g/mol. The van der Waals surface area contributed by atoms with Gasteiger partial charge in [-0.15, -0.1) is 0 Å². The standard InChI is InChI=1S/C21H24F2N2O4S/c1-29-19-10-9-16(30(27,28)25-12-3-2-4-13-25)14-15(19)8-11-20(26)24-21-17(22)6-5-7-18(21)23/h5-7,9-10,14H,2-4,8,11-13H2,1H3,(H,24,26). The Labute approximate surface area is 174 Å². The van der Waals surface area contributed by atoms with Crippen LogP contribution in [0.1, 0.15) is 31.2 Å². The average molecular weight is 438 g/mol. The van der Waals surface area contributed by atoms with Gasteiger partial charge in [0, 0.05) is 19.5 Å². The molecule has 0 radical (unpaired) electrons. The van der Waals surface area contributed by atoms with Gasteiger partial charge >= 0.3 is 0 Å². The van der Waals surface area contributed by atoms with Gasteiger partial charge in [-0.1, -0.05) is 12.5 Å². The number of amides is 1. The number of rotatable bonds is 7. The van der Waals surface area contributed by atoms with Gasteiger partial charge in [0.05, 0.1) is 12.0 Å². The monoisotopic (exact) mass is 438 g/mol. The fourth-order valence-electron chi connectivity index (χ4n) is 3.43. The molecule has 0 aromatic heterocycles. The van der Waals surface area contributed by atoms with Gasteiger partial charge in [0.2, 0.25) is 15.9 Å². The summed E-state index contributed by atoms with van der Waals surface area (Å²) in [5.74, 6) is -1.88. The Morgan fingerprint density at radius 3 is 2.40 bits per heavy atom. The van der Waals surface area contributed by atoms with Crippen LogP contribution in [0.15, 0.2) is 41.3 Å². The quantitative estimate of drug-likeness (QED) is 0.715. The Bertz CT molecular complexity index is 1000. The van der Waals surface area contributed by atoms with Crippen molar-refractivity contribution >= 4 is 21.6 Å². The zero-order valence-electron chi connectivity index (χ0n) is 16.7. The molecule has 1 saturated heterocycles. The lowest BCUT2D eigenvalue weighted by molar-refractivity contribution is -0.116. The molecule has 1 N–H and O–H groups in total. The number of carbonyl (C=O) groups is 1. The first-order valence-corrected chi connectivity index (χ1v) is 11.2. The lowest BCUT2D eigenvalue weighted by Gasteiger charge is -2.26. The molecule has 0 spiro atoms. The molecule has 1 fully saturated rings. The van der Waals surface area contributed by atoms with Crippen LogP contribution in [-0.4, -0.2) is 38.8 Å². The molecule has 1 amide bonds. The zero-order chi connectivity index (χ0) is 21.7. The van der Waals surface area contributed by atoms with E-state index in [2.05, 4.69) is 5.32 Å². The highest BCUT2D eigenvalue weighted by Gasteiger charge is 2.26. The van der Waals surface area contributed by atoms with E-state index >= 15 is 0 Å². The third-order valence-electron chi connectivity index (χ3n) is 5.05. The van der Waals surface area contributed by atoms with Crippen LogP contribution in [-0.2, 0) is 21.2 Å². The molecule has 1 aliphatic heterocycles. The summed E-state index contributed by atoms with van der Waals surface area (Å²) in [7, 11) is -2.18. The Balaban J connectivity index is 1.75. The van der Waals surface area contributed by atoms with E-state index < -0.39 is 33.3 Å². The molecule has 6 nitrogen and oxygen atoms in total. The molecule has 0 bridgehead atoms. The van der Waals surface area contributed by atoms with Crippen molar-refractivity contribution in [1.29, 1.82) is 0 Å². The van der Waals surface area contributed by atoms with Crippen LogP contribution in [0.4, 0.5) is 14.5 Å². The van der Waals surface area contributed by atoms with Gasteiger partial charge in [-0.3, -0.25) is 4.79 Å². The highest BCUT2D eigenvalue weighted by molar-refractivity contribution is 7.89. The predicted molar refractivity (Wildman–Crippen MR) is 109 cm³/mol. The highest BCUT2D eigenvalue weighted by atomic mass is 32.2. The minimum absolute atomic E-state index is 0.0999. The molecule has 162 valence electrons. The van der Waals surface area contributed by atoms with Gasteiger partial charge in [-0.05, 0) is 55.2 Å². The number of hydrogen-bond donors (Lipinski definition) is 1. The number of anilines is 1. The van der Waals surface area contributed by atoms with E-state index in [1.54, 1.807) is 6.07 Å². The summed E-state index contributed by atoms with van der Waals surface area (Å²) in [6.45, 7) is 0.973. The summed E-state index contributed by atoms with van der Waals surface area (Å²) < 4.78 is 60.0. The number of nitrogens with one attached hydrogen (secondary N) is 1. The minimum Gasteiger partial charge on any atom is -0.496 e. The van der Waals surface area contributed by atoms with E-state index in [0.29, 0.717) is 24.4 Å². The van der Waals surface area contributed by atoms with Gasteiger partial charge in [0.15, 0.2) is 0 Å². The second-order valence-corrected chi connectivity index (χ2v) is 9.02. The first kappa shape index (κ1) is 22.2. The summed E-state index contributed by atoms with van der Waals surface area (Å²) in [6.07, 6.45) is 2.72. The average Bonchev–Trinajstić information content (AvgIpc) is 2.75. The number of ether oxygens (including phenoxy) is 1. The SMILES string of the molecule is COc1ccc(S(=O)(=O)N2CCCCC2)cc1CCC(=O)Nc1c(F)cccc1F. The molecule has 0 unspecified atom stereocenters. The number of aryl methyl sites for hydroxylation is 1. The first-order chi connectivity index (χ1) is 14.3. The molecule has 9 heteroatoms. The van der Waals surface area contributed by atoms with Gasteiger partial charge in [0.1, 0.15) is 23.1 Å². The normalized spacial score (nSPS) is 15.0. The van der Waals surface area contributed by atoms with Gasteiger partial charge in [-0.2, -0.15) is 4.31 Å². The predicted octanol–water partition coefficient (Wildman–Crippen LogP) is 3.72. The van der Waals surface area contributed by atoms with E-state index in [-0.39, 0.29) is 17.7 Å². The Hall–Kier alpha value is -2.52. The van der Waals surface area contributed by atoms with Crippen LogP contribution >= 0.6 is 0 Å². The third kappa shape index (κ3) is 4.96. The summed E-state index contributed by atoms with van der Waals surface area (Å²) in [4.78, 5) is 12.3. The van der Waals surface area contributed by atoms with Crippen molar-refractivity contribution in [2.45, 2.75) is 37.0 Å². The number of hydrogen-bond acceptors (Lipinski definition) is 4. The Morgan fingerprint density at radius 1 is 1.10 bits per heavy atom. The van der Waals surface area contributed by atoms with E-state index in [0.717, 1.165) is 31.4 Å². The molecule has 1 heterocycles. The van der Waals surface area contributed by atoms with Crippen molar-refractivity contribution in [1.82, 2.24) is 4.31 Å². The molecule has 2 aromatic rings.